The molecule has 1 saturated heterocycles. The van der Waals surface area contributed by atoms with E-state index in [0.717, 1.165) is 32.1 Å². The van der Waals surface area contributed by atoms with Gasteiger partial charge in [0.15, 0.2) is 11.6 Å². The molecule has 1 aliphatic carbocycles. The average molecular weight is 523 g/mol. The topological polar surface area (TPSA) is 89.2 Å². The summed E-state index contributed by atoms with van der Waals surface area (Å²) in [5.74, 6) is -0.544. The number of nitrogens with one attached hydrogen (secondary N) is 1. The molecule has 1 saturated carbocycles. The number of benzene rings is 2. The standard InChI is InChI=1S/C28H31FN4O3S/c1-3-28(4-2)14-18(16-35-28)33-17-31-24-11-9-19(13-21(24)27(33)34)36-26-22(15-30)25(12-10-23(26)29)32-37-20-7-5-6-8-20/h9-13,17-18,20,32H,3-8,14,16H2,1-2H3. The molecule has 37 heavy (non-hydrogen) atoms. The number of nitrogens with zero attached hydrogens (tertiary/aromatic N) is 3. The van der Waals surface area contributed by atoms with Gasteiger partial charge in [-0.05, 0) is 74.4 Å². The maximum absolute atomic E-state index is 14.8. The number of ether oxygens (including phenoxy) is 2. The molecule has 7 nitrogen and oxygen atoms in total. The van der Waals surface area contributed by atoms with Crippen molar-refractivity contribution >= 4 is 28.5 Å². The first-order chi connectivity index (χ1) is 18.0. The van der Waals surface area contributed by atoms with Crippen molar-refractivity contribution in [3.8, 4) is 17.6 Å². The van der Waals surface area contributed by atoms with Crippen LogP contribution in [0.1, 0.15) is 70.4 Å². The lowest BCUT2D eigenvalue weighted by molar-refractivity contribution is -0.00268. The average Bonchev–Trinajstić information content (AvgIpc) is 3.60. The second kappa shape index (κ2) is 10.7. The van der Waals surface area contributed by atoms with Crippen LogP contribution in [-0.2, 0) is 4.74 Å². The summed E-state index contributed by atoms with van der Waals surface area (Å²) in [6, 6.07) is 9.70. The zero-order valence-electron chi connectivity index (χ0n) is 21.1. The molecule has 0 spiro atoms. The van der Waals surface area contributed by atoms with Gasteiger partial charge in [-0.1, -0.05) is 26.7 Å². The van der Waals surface area contributed by atoms with E-state index in [0.29, 0.717) is 28.4 Å². The molecule has 1 N–H and O–H groups in total. The van der Waals surface area contributed by atoms with E-state index >= 15 is 0 Å². The third-order valence-electron chi connectivity index (χ3n) is 7.70. The maximum Gasteiger partial charge on any atom is 0.261 e. The molecule has 0 radical (unpaired) electrons. The molecule has 1 atom stereocenters. The smallest absolute Gasteiger partial charge is 0.261 e. The molecule has 5 rings (SSSR count). The number of anilines is 1. The van der Waals surface area contributed by atoms with Gasteiger partial charge in [-0.3, -0.25) is 9.36 Å². The Labute approximate surface area is 220 Å². The van der Waals surface area contributed by atoms with Crippen LogP contribution < -0.4 is 15.0 Å². The van der Waals surface area contributed by atoms with Crippen molar-refractivity contribution in [3.63, 3.8) is 0 Å². The largest absolute Gasteiger partial charge is 0.453 e. The number of aromatic nitrogens is 2. The zero-order valence-corrected chi connectivity index (χ0v) is 21.9. The highest BCUT2D eigenvalue weighted by Gasteiger charge is 2.38. The number of fused-ring (bicyclic) bond motifs is 1. The maximum atomic E-state index is 14.8. The summed E-state index contributed by atoms with van der Waals surface area (Å²) in [6.45, 7) is 4.66. The molecule has 2 fully saturated rings. The molecule has 9 heteroatoms. The van der Waals surface area contributed by atoms with Crippen molar-refractivity contribution in [1.82, 2.24) is 9.55 Å². The number of halogens is 1. The van der Waals surface area contributed by atoms with Crippen LogP contribution in [-0.4, -0.2) is 27.0 Å². The van der Waals surface area contributed by atoms with Crippen LogP contribution in [0.15, 0.2) is 41.5 Å². The van der Waals surface area contributed by atoms with Crippen molar-refractivity contribution < 1.29 is 13.9 Å². The van der Waals surface area contributed by atoms with Crippen LogP contribution in [0.25, 0.3) is 10.9 Å². The Bertz CT molecular complexity index is 1390. The summed E-state index contributed by atoms with van der Waals surface area (Å²) >= 11 is 1.57. The first-order valence-corrected chi connectivity index (χ1v) is 13.8. The van der Waals surface area contributed by atoms with E-state index in [1.165, 1.54) is 18.9 Å². The number of hydrogen-bond acceptors (Lipinski definition) is 7. The van der Waals surface area contributed by atoms with Crippen molar-refractivity contribution in [3.05, 3.63) is 58.4 Å². The van der Waals surface area contributed by atoms with Gasteiger partial charge in [0.1, 0.15) is 17.4 Å². The highest BCUT2D eigenvalue weighted by Crippen LogP contribution is 2.39. The minimum absolute atomic E-state index is 0.0905. The Balaban J connectivity index is 1.43. The molecule has 2 aromatic carbocycles. The molecular weight excluding hydrogens is 491 g/mol. The van der Waals surface area contributed by atoms with Crippen LogP contribution in [0, 0.1) is 17.1 Å². The lowest BCUT2D eigenvalue weighted by Gasteiger charge is -2.25. The second-order valence-corrected chi connectivity index (χ2v) is 10.9. The molecule has 194 valence electrons. The predicted molar refractivity (Wildman–Crippen MR) is 144 cm³/mol. The normalized spacial score (nSPS) is 19.2. The van der Waals surface area contributed by atoms with E-state index in [2.05, 4.69) is 29.6 Å². The monoisotopic (exact) mass is 522 g/mol. The fourth-order valence-corrected chi connectivity index (χ4v) is 6.34. The summed E-state index contributed by atoms with van der Waals surface area (Å²) in [4.78, 5) is 17.9. The van der Waals surface area contributed by atoms with Gasteiger partial charge in [0.25, 0.3) is 5.56 Å². The third-order valence-corrected chi connectivity index (χ3v) is 8.85. The Morgan fingerprint density at radius 1 is 1.27 bits per heavy atom. The van der Waals surface area contributed by atoms with Gasteiger partial charge in [-0.25, -0.2) is 9.37 Å². The molecule has 1 aromatic heterocycles. The van der Waals surface area contributed by atoms with Crippen molar-refractivity contribution in [2.75, 3.05) is 11.3 Å². The molecule has 3 aromatic rings. The summed E-state index contributed by atoms with van der Waals surface area (Å²) in [7, 11) is 0. The minimum Gasteiger partial charge on any atom is -0.453 e. The van der Waals surface area contributed by atoms with Gasteiger partial charge in [-0.2, -0.15) is 5.26 Å². The highest BCUT2D eigenvalue weighted by molar-refractivity contribution is 8.01. The van der Waals surface area contributed by atoms with Gasteiger partial charge in [0.2, 0.25) is 0 Å². The number of hydrogen-bond donors (Lipinski definition) is 1. The summed E-state index contributed by atoms with van der Waals surface area (Å²) in [6.07, 6.45) is 8.74. The van der Waals surface area contributed by atoms with Crippen LogP contribution in [0.3, 0.4) is 0 Å². The van der Waals surface area contributed by atoms with Crippen LogP contribution in [0.5, 0.6) is 11.5 Å². The first-order valence-electron chi connectivity index (χ1n) is 12.9. The Hall–Kier alpha value is -3.09. The molecule has 0 amide bonds. The van der Waals surface area contributed by atoms with E-state index in [1.807, 2.05) is 0 Å². The quantitative estimate of drug-likeness (QED) is 0.328. The highest BCUT2D eigenvalue weighted by atomic mass is 32.2. The molecule has 1 aliphatic heterocycles. The zero-order chi connectivity index (χ0) is 26.0. The molecule has 2 heterocycles. The van der Waals surface area contributed by atoms with Gasteiger partial charge >= 0.3 is 0 Å². The molecule has 2 aliphatic rings. The van der Waals surface area contributed by atoms with Gasteiger partial charge in [-0.15, -0.1) is 0 Å². The van der Waals surface area contributed by atoms with Crippen LogP contribution >= 0.6 is 11.9 Å². The Morgan fingerprint density at radius 2 is 2.05 bits per heavy atom. The van der Waals surface area contributed by atoms with E-state index in [-0.39, 0.29) is 34.3 Å². The van der Waals surface area contributed by atoms with E-state index in [4.69, 9.17) is 9.47 Å². The lowest BCUT2D eigenvalue weighted by atomic mass is 9.92. The molecular formula is C28H31FN4O3S. The van der Waals surface area contributed by atoms with E-state index in [9.17, 15) is 14.4 Å². The van der Waals surface area contributed by atoms with Crippen molar-refractivity contribution in [2.45, 2.75) is 75.7 Å². The second-order valence-electron chi connectivity index (χ2n) is 9.83. The van der Waals surface area contributed by atoms with Crippen molar-refractivity contribution in [1.29, 1.82) is 5.26 Å². The molecule has 0 bridgehead atoms. The predicted octanol–water partition coefficient (Wildman–Crippen LogP) is 6.72. The Kier molecular flexibility index (Phi) is 7.40. The van der Waals surface area contributed by atoms with Gasteiger partial charge in [0.05, 0.1) is 41.2 Å². The van der Waals surface area contributed by atoms with Crippen LogP contribution in [0.2, 0.25) is 0 Å². The first kappa shape index (κ1) is 25.6. The third kappa shape index (κ3) is 5.05. The van der Waals surface area contributed by atoms with Gasteiger partial charge < -0.3 is 14.2 Å². The lowest BCUT2D eigenvalue weighted by Crippen LogP contribution is -2.28. The summed E-state index contributed by atoms with van der Waals surface area (Å²) in [5, 5.41) is 10.7. The van der Waals surface area contributed by atoms with Crippen LogP contribution in [0.4, 0.5) is 10.1 Å². The summed E-state index contributed by atoms with van der Waals surface area (Å²) in [5.41, 5.74) is 0.708. The Morgan fingerprint density at radius 3 is 2.76 bits per heavy atom. The van der Waals surface area contributed by atoms with E-state index in [1.54, 1.807) is 47.1 Å². The van der Waals surface area contributed by atoms with Gasteiger partial charge in [0, 0.05) is 5.25 Å². The number of nitriles is 1. The fourth-order valence-electron chi connectivity index (χ4n) is 5.30. The summed E-state index contributed by atoms with van der Waals surface area (Å²) < 4.78 is 31.7. The minimum atomic E-state index is -0.643. The van der Waals surface area contributed by atoms with E-state index < -0.39 is 5.82 Å². The number of rotatable bonds is 8. The van der Waals surface area contributed by atoms with Crippen molar-refractivity contribution in [2.24, 2.45) is 0 Å². The SMILES string of the molecule is CCC1(CC)CC(n2cnc3ccc(Oc4c(F)ccc(NSC5CCCC5)c4C#N)cc3c2=O)CO1. The fraction of sp³-hybridized carbons (Fsp3) is 0.464. The molecule has 1 unspecified atom stereocenters.